The molecule has 1 fully saturated rings. The van der Waals surface area contributed by atoms with Crippen LogP contribution in [0.1, 0.15) is 24.3 Å². The maximum Gasteiger partial charge on any atom is 0.0589 e. The third-order valence-electron chi connectivity index (χ3n) is 4.26. The molecule has 0 unspecified atom stereocenters. The first-order chi connectivity index (χ1) is 9.38. The predicted molar refractivity (Wildman–Crippen MR) is 78.6 cm³/mol. The molecule has 0 aliphatic carbocycles. The largest absolute Gasteiger partial charge is 0.383 e. The van der Waals surface area contributed by atoms with Crippen molar-refractivity contribution in [2.45, 2.75) is 18.8 Å². The Morgan fingerprint density at radius 1 is 1.26 bits per heavy atom. The highest BCUT2D eigenvalue weighted by Crippen LogP contribution is 2.32. The van der Waals surface area contributed by atoms with E-state index in [1.54, 1.807) is 7.11 Å². The number of likely N-dealkylation sites (tertiary alicyclic amines) is 1. The van der Waals surface area contributed by atoms with Gasteiger partial charge >= 0.3 is 0 Å². The first-order valence-electron chi connectivity index (χ1n) is 7.16. The van der Waals surface area contributed by atoms with E-state index >= 15 is 0 Å². The van der Waals surface area contributed by atoms with Crippen molar-refractivity contribution in [3.05, 3.63) is 36.0 Å². The van der Waals surface area contributed by atoms with E-state index in [1.165, 1.54) is 42.4 Å². The van der Waals surface area contributed by atoms with Crippen molar-refractivity contribution in [2.24, 2.45) is 0 Å². The van der Waals surface area contributed by atoms with E-state index in [2.05, 4.69) is 40.3 Å². The molecule has 102 valence electrons. The summed E-state index contributed by atoms with van der Waals surface area (Å²) in [5.74, 6) is 0.704. The zero-order chi connectivity index (χ0) is 13.1. The van der Waals surface area contributed by atoms with Crippen LogP contribution in [0.3, 0.4) is 0 Å². The number of H-pyrrole nitrogens is 1. The SMILES string of the molecule is COCCN1CCC(c2c[nH]c3ccccc23)CC1. The van der Waals surface area contributed by atoms with E-state index in [1.807, 2.05) is 0 Å². The lowest BCUT2D eigenvalue weighted by atomic mass is 9.89. The van der Waals surface area contributed by atoms with Gasteiger partial charge in [-0.3, -0.25) is 0 Å². The van der Waals surface area contributed by atoms with Gasteiger partial charge in [0, 0.05) is 30.8 Å². The molecule has 0 spiro atoms. The molecular formula is C16H22N2O. The lowest BCUT2D eigenvalue weighted by Gasteiger charge is -2.31. The molecule has 1 aromatic heterocycles. The number of fused-ring (bicyclic) bond motifs is 1. The molecule has 2 aromatic rings. The van der Waals surface area contributed by atoms with Crippen molar-refractivity contribution >= 4 is 10.9 Å². The second kappa shape index (κ2) is 5.76. The Kier molecular flexibility index (Phi) is 3.85. The predicted octanol–water partition coefficient (Wildman–Crippen LogP) is 2.99. The van der Waals surface area contributed by atoms with Crippen LogP contribution in [-0.4, -0.2) is 43.2 Å². The van der Waals surface area contributed by atoms with Crippen molar-refractivity contribution in [2.75, 3.05) is 33.4 Å². The Balaban J connectivity index is 1.68. The minimum absolute atomic E-state index is 0.704. The van der Waals surface area contributed by atoms with Crippen molar-refractivity contribution in [1.82, 2.24) is 9.88 Å². The lowest BCUT2D eigenvalue weighted by molar-refractivity contribution is 0.130. The fourth-order valence-electron chi connectivity index (χ4n) is 3.12. The van der Waals surface area contributed by atoms with Crippen LogP contribution in [0.15, 0.2) is 30.5 Å². The van der Waals surface area contributed by atoms with Crippen LogP contribution < -0.4 is 0 Å². The van der Waals surface area contributed by atoms with E-state index in [0.29, 0.717) is 5.92 Å². The van der Waals surface area contributed by atoms with Crippen LogP contribution in [0, 0.1) is 0 Å². The Bertz CT molecular complexity index is 526. The van der Waals surface area contributed by atoms with Gasteiger partial charge in [0.25, 0.3) is 0 Å². The first kappa shape index (κ1) is 12.7. The topological polar surface area (TPSA) is 28.3 Å². The zero-order valence-corrected chi connectivity index (χ0v) is 11.6. The number of aromatic nitrogens is 1. The van der Waals surface area contributed by atoms with Gasteiger partial charge in [0.05, 0.1) is 6.61 Å². The highest BCUT2D eigenvalue weighted by Gasteiger charge is 2.22. The number of aromatic amines is 1. The smallest absolute Gasteiger partial charge is 0.0589 e. The molecule has 0 amide bonds. The first-order valence-corrected chi connectivity index (χ1v) is 7.16. The van der Waals surface area contributed by atoms with Gasteiger partial charge in [-0.25, -0.2) is 0 Å². The molecule has 1 aliphatic heterocycles. The zero-order valence-electron chi connectivity index (χ0n) is 11.6. The van der Waals surface area contributed by atoms with Crippen molar-refractivity contribution in [3.63, 3.8) is 0 Å². The van der Waals surface area contributed by atoms with Gasteiger partial charge < -0.3 is 14.6 Å². The summed E-state index contributed by atoms with van der Waals surface area (Å²) in [6, 6.07) is 8.62. The monoisotopic (exact) mass is 258 g/mol. The number of hydrogen-bond acceptors (Lipinski definition) is 2. The minimum atomic E-state index is 0.704. The molecule has 0 bridgehead atoms. The Morgan fingerprint density at radius 3 is 2.84 bits per heavy atom. The van der Waals surface area contributed by atoms with Crippen LogP contribution in [0.4, 0.5) is 0 Å². The molecule has 19 heavy (non-hydrogen) atoms. The number of methoxy groups -OCH3 is 1. The molecule has 3 nitrogen and oxygen atoms in total. The van der Waals surface area contributed by atoms with Crippen LogP contribution in [0.5, 0.6) is 0 Å². The number of para-hydroxylation sites is 1. The van der Waals surface area contributed by atoms with Crippen molar-refractivity contribution in [1.29, 1.82) is 0 Å². The molecule has 3 rings (SSSR count). The minimum Gasteiger partial charge on any atom is -0.383 e. The Morgan fingerprint density at radius 2 is 2.05 bits per heavy atom. The molecule has 0 radical (unpaired) electrons. The van der Waals surface area contributed by atoms with Gasteiger partial charge in [-0.05, 0) is 43.5 Å². The van der Waals surface area contributed by atoms with Gasteiger partial charge in [0.2, 0.25) is 0 Å². The summed E-state index contributed by atoms with van der Waals surface area (Å²) in [6.45, 7) is 4.29. The number of piperidine rings is 1. The maximum atomic E-state index is 5.15. The van der Waals surface area contributed by atoms with Gasteiger partial charge in [0.1, 0.15) is 0 Å². The Hall–Kier alpha value is -1.32. The molecule has 0 atom stereocenters. The molecule has 0 saturated carbocycles. The van der Waals surface area contributed by atoms with E-state index < -0.39 is 0 Å². The fourth-order valence-corrected chi connectivity index (χ4v) is 3.12. The summed E-state index contributed by atoms with van der Waals surface area (Å²) in [5, 5.41) is 1.40. The average Bonchev–Trinajstić information content (AvgIpc) is 2.90. The quantitative estimate of drug-likeness (QED) is 0.913. The molecule has 1 aromatic carbocycles. The van der Waals surface area contributed by atoms with Crippen molar-refractivity contribution in [3.8, 4) is 0 Å². The third-order valence-corrected chi connectivity index (χ3v) is 4.26. The summed E-state index contributed by atoms with van der Waals surface area (Å²) >= 11 is 0. The van der Waals surface area contributed by atoms with E-state index in [0.717, 1.165) is 13.2 Å². The van der Waals surface area contributed by atoms with E-state index in [9.17, 15) is 0 Å². The van der Waals surface area contributed by atoms with Crippen LogP contribution >= 0.6 is 0 Å². The van der Waals surface area contributed by atoms with Gasteiger partial charge in [-0.1, -0.05) is 18.2 Å². The average molecular weight is 258 g/mol. The van der Waals surface area contributed by atoms with Crippen LogP contribution in [0.25, 0.3) is 10.9 Å². The Labute approximate surface area is 114 Å². The molecular weight excluding hydrogens is 236 g/mol. The second-order valence-corrected chi connectivity index (χ2v) is 5.40. The molecule has 1 saturated heterocycles. The number of nitrogens with zero attached hydrogens (tertiary/aromatic N) is 1. The van der Waals surface area contributed by atoms with Gasteiger partial charge in [0.15, 0.2) is 0 Å². The highest BCUT2D eigenvalue weighted by atomic mass is 16.5. The summed E-state index contributed by atoms with van der Waals surface area (Å²) in [7, 11) is 1.78. The van der Waals surface area contributed by atoms with E-state index in [4.69, 9.17) is 4.74 Å². The number of nitrogens with one attached hydrogen (secondary N) is 1. The second-order valence-electron chi connectivity index (χ2n) is 5.40. The fraction of sp³-hybridized carbons (Fsp3) is 0.500. The van der Waals surface area contributed by atoms with Gasteiger partial charge in [-0.15, -0.1) is 0 Å². The number of rotatable bonds is 4. The summed E-state index contributed by atoms with van der Waals surface area (Å²) < 4.78 is 5.15. The van der Waals surface area contributed by atoms with Gasteiger partial charge in [-0.2, -0.15) is 0 Å². The van der Waals surface area contributed by atoms with Crippen LogP contribution in [-0.2, 0) is 4.74 Å². The summed E-state index contributed by atoms with van der Waals surface area (Å²) in [4.78, 5) is 5.91. The number of hydrogen-bond donors (Lipinski definition) is 1. The molecule has 1 aliphatic rings. The summed E-state index contributed by atoms with van der Waals surface area (Å²) in [5.41, 5.74) is 2.77. The standard InChI is InChI=1S/C16H22N2O/c1-19-11-10-18-8-6-13(7-9-18)15-12-17-16-5-3-2-4-14(15)16/h2-5,12-13,17H,6-11H2,1H3. The lowest BCUT2D eigenvalue weighted by Crippen LogP contribution is -2.35. The molecule has 3 heteroatoms. The third kappa shape index (κ3) is 2.67. The van der Waals surface area contributed by atoms with Crippen LogP contribution in [0.2, 0.25) is 0 Å². The van der Waals surface area contributed by atoms with Crippen molar-refractivity contribution < 1.29 is 4.74 Å². The highest BCUT2D eigenvalue weighted by molar-refractivity contribution is 5.83. The number of benzene rings is 1. The molecule has 2 heterocycles. The normalized spacial score (nSPS) is 18.2. The number of ether oxygens (including phenoxy) is 1. The maximum absolute atomic E-state index is 5.15. The van der Waals surface area contributed by atoms with E-state index in [-0.39, 0.29) is 0 Å². The summed E-state index contributed by atoms with van der Waals surface area (Å²) in [6.07, 6.45) is 4.72. The molecule has 1 N–H and O–H groups in total.